The normalized spacial score (nSPS) is 11.2. The van der Waals surface area contributed by atoms with E-state index in [-0.39, 0.29) is 0 Å². The molecule has 0 unspecified atom stereocenters. The van der Waals surface area contributed by atoms with Crippen molar-refractivity contribution in [1.82, 2.24) is 24.1 Å². The lowest BCUT2D eigenvalue weighted by molar-refractivity contribution is 0.741. The number of imidazole rings is 1. The molecule has 0 aliphatic carbocycles. The zero-order chi connectivity index (χ0) is 18.3. The maximum absolute atomic E-state index is 4.88. The third kappa shape index (κ3) is 2.73. The van der Waals surface area contributed by atoms with E-state index in [9.17, 15) is 0 Å². The lowest BCUT2D eigenvalue weighted by Crippen LogP contribution is -2.22. The molecule has 0 amide bonds. The first-order chi connectivity index (χ1) is 12.5. The Hall–Kier alpha value is -3.15. The van der Waals surface area contributed by atoms with Gasteiger partial charge in [-0.15, -0.1) is 0 Å². The van der Waals surface area contributed by atoms with Crippen LogP contribution in [0.5, 0.6) is 0 Å². The number of rotatable bonds is 4. The molecule has 0 saturated carbocycles. The highest BCUT2D eigenvalue weighted by Crippen LogP contribution is 2.27. The summed E-state index contributed by atoms with van der Waals surface area (Å²) in [5.41, 5.74) is 5.04. The lowest BCUT2D eigenvalue weighted by atomic mass is 10.1. The summed E-state index contributed by atoms with van der Waals surface area (Å²) in [6.07, 6.45) is 3.78. The molecule has 0 saturated heterocycles. The average Bonchev–Trinajstić information content (AvgIpc) is 3.18. The summed E-state index contributed by atoms with van der Waals surface area (Å²) in [5, 5.41) is 4.71. The number of nitrogens with zero attached hydrogens (tertiary/aromatic N) is 6. The first-order valence-corrected chi connectivity index (χ1v) is 8.64. The number of hydrogen-bond acceptors (Lipinski definition) is 4. The van der Waals surface area contributed by atoms with Crippen LogP contribution in [0.2, 0.25) is 0 Å². The Labute approximate surface area is 152 Å². The second-order valence-corrected chi connectivity index (χ2v) is 6.62. The number of aryl methyl sites for hydroxylation is 3. The van der Waals surface area contributed by atoms with Gasteiger partial charge >= 0.3 is 0 Å². The minimum absolute atomic E-state index is 0.689. The van der Waals surface area contributed by atoms with E-state index >= 15 is 0 Å². The topological polar surface area (TPSA) is 51.2 Å². The van der Waals surface area contributed by atoms with Gasteiger partial charge in [0.25, 0.3) is 0 Å². The average molecular weight is 346 g/mol. The number of benzene rings is 1. The van der Waals surface area contributed by atoms with Gasteiger partial charge in [-0.05, 0) is 13.8 Å². The molecule has 4 rings (SSSR count). The minimum Gasteiger partial charge on any atom is -0.352 e. The zero-order valence-corrected chi connectivity index (χ0v) is 15.5. The van der Waals surface area contributed by atoms with Crippen molar-refractivity contribution in [2.45, 2.75) is 20.4 Å². The molecule has 3 heterocycles. The minimum atomic E-state index is 0.689. The molecule has 3 aromatic heterocycles. The number of anilines is 1. The summed E-state index contributed by atoms with van der Waals surface area (Å²) in [7, 11) is 4.07. The Balaban J connectivity index is 1.86. The van der Waals surface area contributed by atoms with E-state index in [4.69, 9.17) is 10.1 Å². The largest absolute Gasteiger partial charge is 0.352 e. The van der Waals surface area contributed by atoms with Gasteiger partial charge in [0, 0.05) is 43.7 Å². The first-order valence-electron chi connectivity index (χ1n) is 8.64. The molecular formula is C20H22N6. The van der Waals surface area contributed by atoms with Gasteiger partial charge in [0.15, 0.2) is 5.65 Å². The van der Waals surface area contributed by atoms with Crippen molar-refractivity contribution in [2.75, 3.05) is 11.9 Å². The van der Waals surface area contributed by atoms with Crippen LogP contribution in [0.15, 0.2) is 48.8 Å². The third-order valence-corrected chi connectivity index (χ3v) is 4.80. The zero-order valence-electron chi connectivity index (χ0n) is 15.5. The van der Waals surface area contributed by atoms with Crippen LogP contribution in [0.25, 0.3) is 16.9 Å². The van der Waals surface area contributed by atoms with Gasteiger partial charge in [0.2, 0.25) is 0 Å². The molecule has 132 valence electrons. The predicted molar refractivity (Wildman–Crippen MR) is 103 cm³/mol. The van der Waals surface area contributed by atoms with Crippen LogP contribution < -0.4 is 4.90 Å². The Morgan fingerprint density at radius 1 is 1.12 bits per heavy atom. The van der Waals surface area contributed by atoms with Gasteiger partial charge in [-0.3, -0.25) is 0 Å². The second-order valence-electron chi connectivity index (χ2n) is 6.62. The second kappa shape index (κ2) is 6.29. The van der Waals surface area contributed by atoms with E-state index in [1.165, 1.54) is 0 Å². The van der Waals surface area contributed by atoms with Gasteiger partial charge in [-0.2, -0.15) is 9.61 Å². The maximum Gasteiger partial charge on any atom is 0.161 e. The van der Waals surface area contributed by atoms with E-state index in [1.54, 1.807) is 0 Å². The monoisotopic (exact) mass is 346 g/mol. The third-order valence-electron chi connectivity index (χ3n) is 4.80. The lowest BCUT2D eigenvalue weighted by Gasteiger charge is -2.20. The van der Waals surface area contributed by atoms with Crippen molar-refractivity contribution in [3.8, 4) is 11.3 Å². The summed E-state index contributed by atoms with van der Waals surface area (Å²) in [6, 6.07) is 12.3. The van der Waals surface area contributed by atoms with E-state index < -0.39 is 0 Å². The van der Waals surface area contributed by atoms with Crippen LogP contribution in [-0.2, 0) is 13.6 Å². The van der Waals surface area contributed by atoms with Crippen molar-refractivity contribution in [3.05, 3.63) is 65.9 Å². The molecule has 1 aromatic carbocycles. The smallest absolute Gasteiger partial charge is 0.161 e. The molecule has 0 aliphatic rings. The molecular weight excluding hydrogens is 324 g/mol. The Kier molecular flexibility index (Phi) is 3.95. The summed E-state index contributed by atoms with van der Waals surface area (Å²) < 4.78 is 3.96. The highest BCUT2D eigenvalue weighted by molar-refractivity contribution is 5.68. The molecule has 6 heteroatoms. The fourth-order valence-corrected chi connectivity index (χ4v) is 3.08. The van der Waals surface area contributed by atoms with Crippen LogP contribution in [-0.4, -0.2) is 31.2 Å². The Bertz CT molecular complexity index is 1060. The van der Waals surface area contributed by atoms with Crippen LogP contribution in [0.1, 0.15) is 17.1 Å². The molecule has 26 heavy (non-hydrogen) atoms. The highest BCUT2D eigenvalue weighted by atomic mass is 15.3. The number of aromatic nitrogens is 5. The van der Waals surface area contributed by atoms with Crippen molar-refractivity contribution in [3.63, 3.8) is 0 Å². The van der Waals surface area contributed by atoms with Gasteiger partial charge < -0.3 is 9.47 Å². The molecule has 4 aromatic rings. The van der Waals surface area contributed by atoms with E-state index in [1.807, 2.05) is 53.6 Å². The molecule has 6 nitrogen and oxygen atoms in total. The molecule has 0 fully saturated rings. The summed E-state index contributed by atoms with van der Waals surface area (Å²) in [4.78, 5) is 11.5. The quantitative estimate of drug-likeness (QED) is 0.568. The van der Waals surface area contributed by atoms with Crippen molar-refractivity contribution in [2.24, 2.45) is 7.05 Å². The van der Waals surface area contributed by atoms with Crippen LogP contribution >= 0.6 is 0 Å². The molecule has 0 bridgehead atoms. The van der Waals surface area contributed by atoms with Crippen LogP contribution in [0.4, 0.5) is 5.82 Å². The highest BCUT2D eigenvalue weighted by Gasteiger charge is 2.16. The predicted octanol–water partition coefficient (Wildman–Crippen LogP) is 3.38. The molecule has 0 N–H and O–H groups in total. The van der Waals surface area contributed by atoms with Crippen molar-refractivity contribution in [1.29, 1.82) is 0 Å². The molecule has 0 spiro atoms. The molecule has 0 radical (unpaired) electrons. The Morgan fingerprint density at radius 2 is 1.88 bits per heavy atom. The SMILES string of the molecule is Cc1nn2c(N(C)Cc3nccn3C)cc(-c3ccccc3)nc2c1C. The number of fused-ring (bicyclic) bond motifs is 1. The van der Waals surface area contributed by atoms with E-state index in [0.29, 0.717) is 6.54 Å². The van der Waals surface area contributed by atoms with E-state index in [2.05, 4.69) is 42.1 Å². The van der Waals surface area contributed by atoms with Gasteiger partial charge in [-0.25, -0.2) is 9.97 Å². The molecule has 0 aliphatic heterocycles. The fraction of sp³-hybridized carbons (Fsp3) is 0.250. The summed E-state index contributed by atoms with van der Waals surface area (Å²) >= 11 is 0. The van der Waals surface area contributed by atoms with Crippen LogP contribution in [0, 0.1) is 13.8 Å². The molecule has 0 atom stereocenters. The first kappa shape index (κ1) is 16.3. The summed E-state index contributed by atoms with van der Waals surface area (Å²) in [6.45, 7) is 4.78. The van der Waals surface area contributed by atoms with Gasteiger partial charge in [-0.1, -0.05) is 30.3 Å². The van der Waals surface area contributed by atoms with Crippen LogP contribution in [0.3, 0.4) is 0 Å². The number of hydrogen-bond donors (Lipinski definition) is 0. The van der Waals surface area contributed by atoms with Crippen molar-refractivity contribution >= 4 is 11.5 Å². The van der Waals surface area contributed by atoms with E-state index in [0.717, 1.165) is 39.8 Å². The van der Waals surface area contributed by atoms with Gasteiger partial charge in [0.05, 0.1) is 17.9 Å². The van der Waals surface area contributed by atoms with Gasteiger partial charge in [0.1, 0.15) is 11.6 Å². The standard InChI is InChI=1S/C20H22N6/c1-14-15(2)23-26-19(25(4)13-18-21-10-11-24(18)3)12-17(22-20(14)26)16-8-6-5-7-9-16/h5-12H,13H2,1-4H3. The van der Waals surface area contributed by atoms with Crippen molar-refractivity contribution < 1.29 is 0 Å². The maximum atomic E-state index is 4.88. The Morgan fingerprint density at radius 3 is 2.58 bits per heavy atom. The fourth-order valence-electron chi connectivity index (χ4n) is 3.08. The summed E-state index contributed by atoms with van der Waals surface area (Å²) in [5.74, 6) is 1.99.